The molecule has 2 N–H and O–H groups in total. The Hall–Kier alpha value is -1.07. The van der Waals surface area contributed by atoms with E-state index in [0.717, 1.165) is 38.2 Å². The number of aryl methyl sites for hydroxylation is 2. The Kier molecular flexibility index (Phi) is 5.43. The highest BCUT2D eigenvalue weighted by molar-refractivity contribution is 5.51. The zero-order chi connectivity index (χ0) is 14.5. The molecule has 0 bridgehead atoms. The number of rotatable bonds is 6. The van der Waals surface area contributed by atoms with Gasteiger partial charge in [-0.2, -0.15) is 5.10 Å². The van der Waals surface area contributed by atoms with E-state index in [2.05, 4.69) is 29.2 Å². The summed E-state index contributed by atoms with van der Waals surface area (Å²) in [4.78, 5) is 2.35. The Bertz CT molecular complexity index is 430. The van der Waals surface area contributed by atoms with E-state index in [1.54, 1.807) is 0 Å². The highest BCUT2D eigenvalue weighted by Crippen LogP contribution is 2.29. The molecule has 0 saturated carbocycles. The maximum Gasteiger partial charge on any atom is 0.131 e. The molecule has 1 fully saturated rings. The molecule has 0 aliphatic carbocycles. The Balaban J connectivity index is 2.24. The predicted octanol–water partition coefficient (Wildman–Crippen LogP) is 1.58. The van der Waals surface area contributed by atoms with E-state index in [1.165, 1.54) is 24.2 Å². The van der Waals surface area contributed by atoms with Crippen LogP contribution in [-0.4, -0.2) is 40.6 Å². The number of nitrogens with zero attached hydrogens (tertiary/aromatic N) is 3. The summed E-state index contributed by atoms with van der Waals surface area (Å²) in [6.45, 7) is 7.38. The van der Waals surface area contributed by atoms with Gasteiger partial charge in [-0.1, -0.05) is 6.92 Å². The first-order valence-corrected chi connectivity index (χ1v) is 7.79. The lowest BCUT2D eigenvalue weighted by molar-refractivity contribution is 0.238. The number of aliphatic hydroxyl groups excluding tert-OH is 1. The van der Waals surface area contributed by atoms with Crippen LogP contribution in [0.3, 0.4) is 0 Å². The van der Waals surface area contributed by atoms with E-state index in [0.29, 0.717) is 0 Å². The fourth-order valence-corrected chi connectivity index (χ4v) is 3.12. The highest BCUT2D eigenvalue weighted by Gasteiger charge is 2.27. The van der Waals surface area contributed by atoms with Crippen LogP contribution < -0.4 is 10.2 Å². The summed E-state index contributed by atoms with van der Waals surface area (Å²) >= 11 is 0. The molecule has 1 aliphatic rings. The van der Waals surface area contributed by atoms with E-state index < -0.39 is 0 Å². The van der Waals surface area contributed by atoms with Crippen molar-refractivity contribution in [3.8, 4) is 0 Å². The summed E-state index contributed by atoms with van der Waals surface area (Å²) in [7, 11) is 2.01. The maximum atomic E-state index is 9.64. The normalized spacial score (nSPS) is 19.6. The molecule has 0 amide bonds. The van der Waals surface area contributed by atoms with Crippen LogP contribution in [0.25, 0.3) is 0 Å². The SMILES string of the molecule is CCCNCc1c(C)nn(C)c1N1CCCCC1CO. The van der Waals surface area contributed by atoms with Gasteiger partial charge in [0, 0.05) is 25.7 Å². The second kappa shape index (κ2) is 7.09. The van der Waals surface area contributed by atoms with Crippen LogP contribution >= 0.6 is 0 Å². The van der Waals surface area contributed by atoms with Gasteiger partial charge in [0.25, 0.3) is 0 Å². The molecule has 1 unspecified atom stereocenters. The summed E-state index contributed by atoms with van der Waals surface area (Å²) in [5.41, 5.74) is 2.37. The molecule has 5 heteroatoms. The van der Waals surface area contributed by atoms with Crippen molar-refractivity contribution in [3.63, 3.8) is 0 Å². The smallest absolute Gasteiger partial charge is 0.131 e. The molecule has 20 heavy (non-hydrogen) atoms. The molecular formula is C15H28N4O. The Labute approximate surface area is 122 Å². The van der Waals surface area contributed by atoms with Crippen molar-refractivity contribution in [1.82, 2.24) is 15.1 Å². The van der Waals surface area contributed by atoms with Crippen molar-refractivity contribution in [2.45, 2.75) is 52.1 Å². The molecule has 1 aromatic heterocycles. The first-order valence-electron chi connectivity index (χ1n) is 7.79. The van der Waals surface area contributed by atoms with Gasteiger partial charge in [-0.25, -0.2) is 0 Å². The summed E-state index contributed by atoms with van der Waals surface area (Å²) in [5.74, 6) is 1.19. The van der Waals surface area contributed by atoms with Gasteiger partial charge >= 0.3 is 0 Å². The van der Waals surface area contributed by atoms with E-state index in [9.17, 15) is 5.11 Å². The van der Waals surface area contributed by atoms with Crippen molar-refractivity contribution < 1.29 is 5.11 Å². The van der Waals surface area contributed by atoms with Crippen LogP contribution in [0.1, 0.15) is 43.9 Å². The van der Waals surface area contributed by atoms with Gasteiger partial charge in [0.2, 0.25) is 0 Å². The van der Waals surface area contributed by atoms with Gasteiger partial charge < -0.3 is 15.3 Å². The number of hydrogen-bond donors (Lipinski definition) is 2. The minimum absolute atomic E-state index is 0.228. The first kappa shape index (κ1) is 15.3. The zero-order valence-electron chi connectivity index (χ0n) is 13.0. The number of anilines is 1. The summed E-state index contributed by atoms with van der Waals surface area (Å²) in [6.07, 6.45) is 4.62. The Morgan fingerprint density at radius 2 is 2.20 bits per heavy atom. The number of aromatic nitrogens is 2. The lowest BCUT2D eigenvalue weighted by Gasteiger charge is -2.37. The van der Waals surface area contributed by atoms with Crippen LogP contribution in [0.4, 0.5) is 5.82 Å². The largest absolute Gasteiger partial charge is 0.394 e. The molecule has 0 spiro atoms. The van der Waals surface area contributed by atoms with Gasteiger partial charge in [-0.05, 0) is 39.2 Å². The van der Waals surface area contributed by atoms with Crippen LogP contribution in [-0.2, 0) is 13.6 Å². The molecule has 2 heterocycles. The molecule has 114 valence electrons. The molecule has 1 aromatic rings. The van der Waals surface area contributed by atoms with Crippen LogP contribution in [0.15, 0.2) is 0 Å². The van der Waals surface area contributed by atoms with Crippen LogP contribution in [0.2, 0.25) is 0 Å². The lowest BCUT2D eigenvalue weighted by atomic mass is 10.0. The predicted molar refractivity (Wildman–Crippen MR) is 82.0 cm³/mol. The van der Waals surface area contributed by atoms with E-state index in [-0.39, 0.29) is 12.6 Å². The van der Waals surface area contributed by atoms with Crippen molar-refractivity contribution in [2.75, 3.05) is 24.6 Å². The monoisotopic (exact) mass is 280 g/mol. The summed E-state index contributed by atoms with van der Waals surface area (Å²) in [5, 5.41) is 17.7. The molecule has 1 atom stereocenters. The average molecular weight is 280 g/mol. The molecule has 5 nitrogen and oxygen atoms in total. The van der Waals surface area contributed by atoms with Crippen LogP contribution in [0.5, 0.6) is 0 Å². The van der Waals surface area contributed by atoms with Gasteiger partial charge in [-0.3, -0.25) is 4.68 Å². The van der Waals surface area contributed by atoms with Gasteiger partial charge in [0.1, 0.15) is 5.82 Å². The zero-order valence-corrected chi connectivity index (χ0v) is 13.0. The number of hydrogen-bond acceptors (Lipinski definition) is 4. The van der Waals surface area contributed by atoms with Gasteiger partial charge in [-0.15, -0.1) is 0 Å². The third-order valence-electron chi connectivity index (χ3n) is 4.15. The van der Waals surface area contributed by atoms with Crippen molar-refractivity contribution in [3.05, 3.63) is 11.3 Å². The molecule has 0 radical (unpaired) electrons. The molecular weight excluding hydrogens is 252 g/mol. The van der Waals surface area contributed by atoms with Crippen molar-refractivity contribution in [2.24, 2.45) is 7.05 Å². The number of nitrogens with one attached hydrogen (secondary N) is 1. The van der Waals surface area contributed by atoms with Gasteiger partial charge in [0.15, 0.2) is 0 Å². The van der Waals surface area contributed by atoms with E-state index in [1.807, 2.05) is 11.7 Å². The minimum Gasteiger partial charge on any atom is -0.394 e. The Morgan fingerprint density at radius 1 is 1.40 bits per heavy atom. The second-order valence-electron chi connectivity index (χ2n) is 5.71. The van der Waals surface area contributed by atoms with Crippen molar-refractivity contribution in [1.29, 1.82) is 0 Å². The molecule has 2 rings (SSSR count). The quantitative estimate of drug-likeness (QED) is 0.777. The topological polar surface area (TPSA) is 53.3 Å². The molecule has 0 aromatic carbocycles. The van der Waals surface area contributed by atoms with E-state index >= 15 is 0 Å². The molecule has 1 saturated heterocycles. The summed E-state index contributed by atoms with van der Waals surface area (Å²) < 4.78 is 1.98. The average Bonchev–Trinajstić information content (AvgIpc) is 2.73. The first-order chi connectivity index (χ1) is 9.69. The standard InChI is InChI=1S/C15H28N4O/c1-4-8-16-10-14-12(2)17-18(3)15(14)19-9-6-5-7-13(19)11-20/h13,16,20H,4-11H2,1-3H3. The van der Waals surface area contributed by atoms with Gasteiger partial charge in [0.05, 0.1) is 18.3 Å². The number of piperidine rings is 1. The fraction of sp³-hybridized carbons (Fsp3) is 0.800. The lowest BCUT2D eigenvalue weighted by Crippen LogP contribution is -2.43. The third kappa shape index (κ3) is 3.15. The minimum atomic E-state index is 0.228. The third-order valence-corrected chi connectivity index (χ3v) is 4.15. The van der Waals surface area contributed by atoms with Crippen LogP contribution in [0, 0.1) is 6.92 Å². The molecule has 1 aliphatic heterocycles. The fourth-order valence-electron chi connectivity index (χ4n) is 3.12. The highest BCUT2D eigenvalue weighted by atomic mass is 16.3. The maximum absolute atomic E-state index is 9.64. The van der Waals surface area contributed by atoms with E-state index in [4.69, 9.17) is 0 Å². The van der Waals surface area contributed by atoms with Crippen molar-refractivity contribution >= 4 is 5.82 Å². The second-order valence-corrected chi connectivity index (χ2v) is 5.71. The Morgan fingerprint density at radius 3 is 2.90 bits per heavy atom. The number of aliphatic hydroxyl groups is 1. The summed E-state index contributed by atoms with van der Waals surface area (Å²) in [6, 6.07) is 0.239.